The Morgan fingerprint density at radius 2 is 2.11 bits per heavy atom. The Morgan fingerprint density at radius 3 is 2.96 bits per heavy atom. The van der Waals surface area contributed by atoms with Crippen molar-refractivity contribution < 1.29 is 4.79 Å². The van der Waals surface area contributed by atoms with Crippen molar-refractivity contribution in [3.05, 3.63) is 54.4 Å². The fraction of sp³-hybridized carbons (Fsp3) is 0.316. The molecule has 1 N–H and O–H groups in total. The van der Waals surface area contributed by atoms with Crippen LogP contribution in [0.4, 0.5) is 0 Å². The molecule has 142 valence electrons. The third-order valence-electron chi connectivity index (χ3n) is 5.21. The lowest BCUT2D eigenvalue weighted by molar-refractivity contribution is 0.0934. The number of hydrogen-bond donors (Lipinski definition) is 1. The molecule has 0 spiro atoms. The number of fused-ring (bicyclic) bond motifs is 2. The Morgan fingerprint density at radius 1 is 1.18 bits per heavy atom. The van der Waals surface area contributed by atoms with Crippen LogP contribution in [0.2, 0.25) is 0 Å². The van der Waals surface area contributed by atoms with Gasteiger partial charge in [-0.2, -0.15) is 10.2 Å². The largest absolute Gasteiger partial charge is 0.349 e. The molecule has 9 heteroatoms. The average molecular weight is 376 g/mol. The van der Waals surface area contributed by atoms with Gasteiger partial charge in [0, 0.05) is 38.4 Å². The second kappa shape index (κ2) is 6.59. The van der Waals surface area contributed by atoms with Crippen LogP contribution in [0.15, 0.2) is 43.0 Å². The Balaban J connectivity index is 1.32. The summed E-state index contributed by atoms with van der Waals surface area (Å²) in [6, 6.07) is 5.78. The zero-order valence-electron chi connectivity index (χ0n) is 15.5. The second-order valence-electron chi connectivity index (χ2n) is 7.08. The first-order valence-electron chi connectivity index (χ1n) is 9.33. The van der Waals surface area contributed by atoms with E-state index >= 15 is 0 Å². The van der Waals surface area contributed by atoms with Crippen LogP contribution < -0.4 is 5.32 Å². The molecule has 9 nitrogen and oxygen atoms in total. The summed E-state index contributed by atoms with van der Waals surface area (Å²) < 4.78 is 5.61. The van der Waals surface area contributed by atoms with Crippen molar-refractivity contribution in [1.82, 2.24) is 39.5 Å². The SMILES string of the molecule is Cn1cc(-c2nnc3n2CCC(NC(=O)c2cnn4ccccc24)CC3)cn1. The summed E-state index contributed by atoms with van der Waals surface area (Å²) >= 11 is 0. The summed E-state index contributed by atoms with van der Waals surface area (Å²) in [6.07, 6.45) is 9.62. The molecule has 1 atom stereocenters. The van der Waals surface area contributed by atoms with Crippen LogP contribution in [-0.2, 0) is 20.0 Å². The number of carbonyl (C=O) groups is 1. The standard InChI is InChI=1S/C19H20N8O/c1-25-12-13(10-20-25)18-24-23-17-6-5-14(7-9-26(17)18)22-19(28)15-11-21-27-8-3-2-4-16(15)27/h2-4,8,10-12,14H,5-7,9H2,1H3,(H,22,28). The van der Waals surface area contributed by atoms with E-state index in [0.29, 0.717) is 5.56 Å². The van der Waals surface area contributed by atoms with E-state index in [4.69, 9.17) is 0 Å². The van der Waals surface area contributed by atoms with E-state index in [1.54, 1.807) is 21.6 Å². The van der Waals surface area contributed by atoms with Crippen molar-refractivity contribution in [1.29, 1.82) is 0 Å². The molecule has 0 saturated carbocycles. The van der Waals surface area contributed by atoms with Crippen molar-refractivity contribution in [3.8, 4) is 11.4 Å². The van der Waals surface area contributed by atoms with Gasteiger partial charge in [-0.3, -0.25) is 9.48 Å². The zero-order chi connectivity index (χ0) is 19.1. The highest BCUT2D eigenvalue weighted by atomic mass is 16.1. The Bertz CT molecular complexity index is 1150. The van der Waals surface area contributed by atoms with Crippen molar-refractivity contribution in [3.63, 3.8) is 0 Å². The zero-order valence-corrected chi connectivity index (χ0v) is 15.5. The Kier molecular flexibility index (Phi) is 3.92. The van der Waals surface area contributed by atoms with Crippen LogP contribution in [-0.4, -0.2) is 46.1 Å². The van der Waals surface area contributed by atoms with Gasteiger partial charge < -0.3 is 9.88 Å². The molecule has 1 unspecified atom stereocenters. The quantitative estimate of drug-likeness (QED) is 0.584. The molecule has 1 aliphatic rings. The van der Waals surface area contributed by atoms with Gasteiger partial charge in [-0.05, 0) is 25.0 Å². The maximum Gasteiger partial charge on any atom is 0.255 e. The van der Waals surface area contributed by atoms with Gasteiger partial charge in [-0.25, -0.2) is 4.52 Å². The smallest absolute Gasteiger partial charge is 0.255 e. The molecule has 5 rings (SSSR count). The fourth-order valence-corrected chi connectivity index (χ4v) is 3.76. The maximum atomic E-state index is 12.8. The molecule has 0 aliphatic carbocycles. The van der Waals surface area contributed by atoms with Crippen LogP contribution in [0.25, 0.3) is 16.9 Å². The minimum absolute atomic E-state index is 0.0783. The van der Waals surface area contributed by atoms with Crippen LogP contribution in [0.3, 0.4) is 0 Å². The number of aryl methyl sites for hydroxylation is 2. The second-order valence-corrected chi connectivity index (χ2v) is 7.08. The van der Waals surface area contributed by atoms with Gasteiger partial charge in [0.15, 0.2) is 5.82 Å². The molecule has 4 aromatic heterocycles. The molecule has 1 amide bonds. The van der Waals surface area contributed by atoms with Crippen molar-refractivity contribution in [2.45, 2.75) is 31.8 Å². The molecule has 0 saturated heterocycles. The lowest BCUT2D eigenvalue weighted by Gasteiger charge is -2.15. The molecular weight excluding hydrogens is 356 g/mol. The van der Waals surface area contributed by atoms with Gasteiger partial charge in [0.2, 0.25) is 0 Å². The van der Waals surface area contributed by atoms with E-state index in [1.807, 2.05) is 37.6 Å². The number of nitrogens with one attached hydrogen (secondary N) is 1. The van der Waals surface area contributed by atoms with Gasteiger partial charge in [0.1, 0.15) is 5.82 Å². The monoisotopic (exact) mass is 376 g/mol. The van der Waals surface area contributed by atoms with E-state index in [9.17, 15) is 4.79 Å². The third-order valence-corrected chi connectivity index (χ3v) is 5.21. The van der Waals surface area contributed by atoms with Crippen molar-refractivity contribution in [2.75, 3.05) is 0 Å². The average Bonchev–Trinajstić information content (AvgIpc) is 3.39. The van der Waals surface area contributed by atoms with Crippen LogP contribution in [0, 0.1) is 0 Å². The minimum Gasteiger partial charge on any atom is -0.349 e. The van der Waals surface area contributed by atoms with Crippen LogP contribution >= 0.6 is 0 Å². The van der Waals surface area contributed by atoms with E-state index in [0.717, 1.165) is 48.5 Å². The third kappa shape index (κ3) is 2.84. The highest BCUT2D eigenvalue weighted by Gasteiger charge is 2.23. The molecular formula is C19H20N8O. The van der Waals surface area contributed by atoms with E-state index in [1.165, 1.54) is 0 Å². The van der Waals surface area contributed by atoms with Crippen molar-refractivity contribution >= 4 is 11.4 Å². The maximum absolute atomic E-state index is 12.8. The van der Waals surface area contributed by atoms with Crippen LogP contribution in [0.5, 0.6) is 0 Å². The van der Waals surface area contributed by atoms with Gasteiger partial charge in [0.05, 0.1) is 29.0 Å². The molecule has 0 bridgehead atoms. The van der Waals surface area contributed by atoms with E-state index < -0.39 is 0 Å². The van der Waals surface area contributed by atoms with Gasteiger partial charge in [-0.15, -0.1) is 10.2 Å². The lowest BCUT2D eigenvalue weighted by atomic mass is 10.1. The topological polar surface area (TPSA) is 94.9 Å². The summed E-state index contributed by atoms with van der Waals surface area (Å²) in [6.45, 7) is 0.756. The number of aromatic nitrogens is 7. The summed E-state index contributed by atoms with van der Waals surface area (Å²) in [5.41, 5.74) is 2.36. The number of amides is 1. The minimum atomic E-state index is -0.0867. The predicted molar refractivity (Wildman–Crippen MR) is 102 cm³/mol. The normalized spacial score (nSPS) is 16.7. The summed E-state index contributed by atoms with van der Waals surface area (Å²) in [4.78, 5) is 12.8. The first-order chi connectivity index (χ1) is 13.7. The highest BCUT2D eigenvalue weighted by molar-refractivity contribution is 6.00. The lowest BCUT2D eigenvalue weighted by Crippen LogP contribution is -2.35. The number of carbonyl (C=O) groups excluding carboxylic acids is 1. The molecule has 28 heavy (non-hydrogen) atoms. The van der Waals surface area contributed by atoms with E-state index in [-0.39, 0.29) is 11.9 Å². The fourth-order valence-electron chi connectivity index (χ4n) is 3.76. The van der Waals surface area contributed by atoms with E-state index in [2.05, 4.69) is 30.3 Å². The van der Waals surface area contributed by atoms with Crippen molar-refractivity contribution in [2.24, 2.45) is 7.05 Å². The Labute approximate surface area is 161 Å². The van der Waals surface area contributed by atoms with Gasteiger partial charge in [0.25, 0.3) is 5.91 Å². The van der Waals surface area contributed by atoms with Crippen LogP contribution in [0.1, 0.15) is 29.0 Å². The number of nitrogens with zero attached hydrogens (tertiary/aromatic N) is 7. The summed E-state index contributed by atoms with van der Waals surface area (Å²) in [5.74, 6) is 1.70. The molecule has 0 fully saturated rings. The Hall–Kier alpha value is -3.49. The molecule has 1 aliphatic heterocycles. The first-order valence-corrected chi connectivity index (χ1v) is 9.33. The molecule has 0 aromatic carbocycles. The first kappa shape index (κ1) is 16.7. The predicted octanol–water partition coefficient (Wildman–Crippen LogP) is 1.46. The summed E-state index contributed by atoms with van der Waals surface area (Å²) in [7, 11) is 1.88. The number of rotatable bonds is 3. The number of pyridine rings is 1. The highest BCUT2D eigenvalue weighted by Crippen LogP contribution is 2.22. The van der Waals surface area contributed by atoms with Gasteiger partial charge >= 0.3 is 0 Å². The number of hydrogen-bond acceptors (Lipinski definition) is 5. The molecule has 0 radical (unpaired) electrons. The van der Waals surface area contributed by atoms with Gasteiger partial charge in [-0.1, -0.05) is 6.07 Å². The summed E-state index contributed by atoms with van der Waals surface area (Å²) in [5, 5.41) is 20.3. The molecule has 5 heterocycles. The molecule has 4 aromatic rings.